The van der Waals surface area contributed by atoms with Crippen LogP contribution in [0.5, 0.6) is 0 Å². The van der Waals surface area contributed by atoms with Crippen molar-refractivity contribution in [2.24, 2.45) is 0 Å². The molecule has 0 rings (SSSR count). The van der Waals surface area contributed by atoms with E-state index in [1.54, 1.807) is 0 Å². The fraction of sp³-hybridized carbons (Fsp3) is 1.00. The van der Waals surface area contributed by atoms with Gasteiger partial charge in [-0.3, -0.25) is 0 Å². The predicted octanol–water partition coefficient (Wildman–Crippen LogP) is 0.242. The topological polar surface area (TPSA) is 20.2 Å². The Balaban J connectivity index is -0.00000000500. The molecule has 0 saturated heterocycles. The molecule has 0 aromatic rings. The molecule has 0 spiro atoms. The summed E-state index contributed by atoms with van der Waals surface area (Å²) in [6.07, 6.45) is 0. The molecule has 0 aromatic carbocycles. The van der Waals surface area contributed by atoms with Crippen LogP contribution in [-0.2, 0) is 20.4 Å². The minimum absolute atomic E-state index is 0. The van der Waals surface area contributed by atoms with E-state index in [1.807, 2.05) is 0 Å². The van der Waals surface area contributed by atoms with Crippen LogP contribution in [-0.4, -0.2) is 12.2 Å². The first-order valence-corrected chi connectivity index (χ1v) is 0.447. The van der Waals surface area contributed by atoms with Crippen molar-refractivity contribution < 1.29 is 25.5 Å². The standard InChI is InChI=1S/CH4O.CH4.Pd/c1-2;;/h2H,1H3;1H4;. The summed E-state index contributed by atoms with van der Waals surface area (Å²) in [5, 5.41) is 7.00. The summed E-state index contributed by atoms with van der Waals surface area (Å²) in [4.78, 5) is 0. The van der Waals surface area contributed by atoms with Gasteiger partial charge >= 0.3 is 0 Å². The van der Waals surface area contributed by atoms with Gasteiger partial charge in [0.1, 0.15) is 0 Å². The monoisotopic (exact) mass is 154 g/mol. The number of hydrogen-bond donors (Lipinski definition) is 1. The number of aliphatic hydroxyl groups is 1. The molecule has 0 unspecified atom stereocenters. The molecule has 0 heterocycles. The van der Waals surface area contributed by atoms with Crippen LogP contribution in [0.2, 0.25) is 0 Å². The quantitative estimate of drug-likeness (QED) is 0.496. The van der Waals surface area contributed by atoms with Crippen molar-refractivity contribution in [1.29, 1.82) is 0 Å². The third-order valence-electron chi connectivity index (χ3n) is 0. The first-order chi connectivity index (χ1) is 1.00. The van der Waals surface area contributed by atoms with Gasteiger partial charge in [-0.05, 0) is 0 Å². The van der Waals surface area contributed by atoms with Crippen LogP contribution < -0.4 is 0 Å². The van der Waals surface area contributed by atoms with Crippen LogP contribution >= 0.6 is 0 Å². The van der Waals surface area contributed by atoms with Crippen molar-refractivity contribution in [3.8, 4) is 0 Å². The Morgan fingerprint density at radius 2 is 1.25 bits per heavy atom. The molecule has 0 aliphatic carbocycles. The van der Waals surface area contributed by atoms with Gasteiger partial charge in [-0.2, -0.15) is 0 Å². The number of aliphatic hydroxyl groups excluding tert-OH is 1. The van der Waals surface area contributed by atoms with Crippen LogP contribution in [0.25, 0.3) is 0 Å². The molecule has 1 nitrogen and oxygen atoms in total. The van der Waals surface area contributed by atoms with Gasteiger partial charge < -0.3 is 5.11 Å². The molecule has 0 aliphatic rings. The summed E-state index contributed by atoms with van der Waals surface area (Å²) >= 11 is 0. The molecule has 0 saturated carbocycles. The zero-order chi connectivity index (χ0) is 2.00. The molecule has 0 aliphatic heterocycles. The van der Waals surface area contributed by atoms with E-state index in [0.29, 0.717) is 0 Å². The van der Waals surface area contributed by atoms with Crippen LogP contribution in [0.4, 0.5) is 0 Å². The van der Waals surface area contributed by atoms with Crippen LogP contribution in [0.3, 0.4) is 0 Å². The molecular formula is C2H8OPd. The van der Waals surface area contributed by atoms with Crippen molar-refractivity contribution in [2.75, 3.05) is 7.11 Å². The molecule has 0 fully saturated rings. The number of rotatable bonds is 0. The van der Waals surface area contributed by atoms with Gasteiger partial charge in [0.2, 0.25) is 0 Å². The van der Waals surface area contributed by atoms with Crippen LogP contribution in [0, 0.1) is 0 Å². The van der Waals surface area contributed by atoms with Crippen molar-refractivity contribution in [2.45, 2.75) is 7.43 Å². The normalized spacial score (nSPS) is 1.50. The second kappa shape index (κ2) is 64.3. The third kappa shape index (κ3) is 17.8. The summed E-state index contributed by atoms with van der Waals surface area (Å²) < 4.78 is 0. The molecule has 1 N–H and O–H groups in total. The second-order valence-electron chi connectivity index (χ2n) is 0. The molecule has 0 bridgehead atoms. The maximum Gasteiger partial charge on any atom is 0.0319 e. The smallest absolute Gasteiger partial charge is 0.0319 e. The fourth-order valence-electron chi connectivity index (χ4n) is 0. The van der Waals surface area contributed by atoms with Gasteiger partial charge in [-0.25, -0.2) is 0 Å². The Morgan fingerprint density at radius 1 is 1.25 bits per heavy atom. The number of hydrogen-bond acceptors (Lipinski definition) is 1. The average molecular weight is 155 g/mol. The molecular weight excluding hydrogens is 146 g/mol. The van der Waals surface area contributed by atoms with E-state index in [9.17, 15) is 0 Å². The van der Waals surface area contributed by atoms with Crippen molar-refractivity contribution >= 4 is 0 Å². The van der Waals surface area contributed by atoms with E-state index in [0.717, 1.165) is 7.11 Å². The minimum Gasteiger partial charge on any atom is -0.400 e. The van der Waals surface area contributed by atoms with E-state index in [4.69, 9.17) is 5.11 Å². The fourth-order valence-corrected chi connectivity index (χ4v) is 0. The van der Waals surface area contributed by atoms with Gasteiger partial charge in [0.05, 0.1) is 0 Å². The summed E-state index contributed by atoms with van der Waals surface area (Å²) in [5.74, 6) is 0. The first kappa shape index (κ1) is 23.0. The summed E-state index contributed by atoms with van der Waals surface area (Å²) in [5.41, 5.74) is 0. The van der Waals surface area contributed by atoms with Gasteiger partial charge in [0.25, 0.3) is 0 Å². The third-order valence-corrected chi connectivity index (χ3v) is 0. The van der Waals surface area contributed by atoms with E-state index in [-0.39, 0.29) is 27.8 Å². The Kier molecular flexibility index (Phi) is 371. The Labute approximate surface area is 40.7 Å². The Hall–Kier alpha value is 0.622. The van der Waals surface area contributed by atoms with Crippen LogP contribution in [0.15, 0.2) is 0 Å². The molecule has 0 atom stereocenters. The van der Waals surface area contributed by atoms with E-state index in [2.05, 4.69) is 0 Å². The molecule has 0 aromatic heterocycles. The predicted molar refractivity (Wildman–Crippen MR) is 14.9 cm³/mol. The van der Waals surface area contributed by atoms with Gasteiger partial charge in [0, 0.05) is 27.5 Å². The molecule has 4 heavy (non-hydrogen) atoms. The largest absolute Gasteiger partial charge is 0.400 e. The summed E-state index contributed by atoms with van der Waals surface area (Å²) in [6.45, 7) is 0. The Morgan fingerprint density at radius 3 is 1.25 bits per heavy atom. The summed E-state index contributed by atoms with van der Waals surface area (Å²) in [7, 11) is 1.00. The maximum atomic E-state index is 7.00. The van der Waals surface area contributed by atoms with E-state index in [1.165, 1.54) is 0 Å². The van der Waals surface area contributed by atoms with Crippen LogP contribution in [0.1, 0.15) is 7.43 Å². The van der Waals surface area contributed by atoms with E-state index >= 15 is 0 Å². The summed E-state index contributed by atoms with van der Waals surface area (Å²) in [6, 6.07) is 0. The molecule has 32 valence electrons. The zero-order valence-electron chi connectivity index (χ0n) is 1.76. The van der Waals surface area contributed by atoms with Gasteiger partial charge in [-0.1, -0.05) is 7.43 Å². The maximum absolute atomic E-state index is 7.00. The minimum atomic E-state index is 0. The van der Waals surface area contributed by atoms with E-state index < -0.39 is 0 Å². The first-order valence-electron chi connectivity index (χ1n) is 0.447. The molecule has 0 amide bonds. The SMILES string of the molecule is C.CO.[Pd]. The van der Waals surface area contributed by atoms with Crippen molar-refractivity contribution in [3.63, 3.8) is 0 Å². The van der Waals surface area contributed by atoms with Gasteiger partial charge in [0.15, 0.2) is 0 Å². The molecule has 0 radical (unpaired) electrons. The zero-order valence-corrected chi connectivity index (χ0v) is 3.32. The van der Waals surface area contributed by atoms with Gasteiger partial charge in [-0.15, -0.1) is 0 Å². The Bertz CT molecular complexity index is 6.00. The molecule has 2 heteroatoms. The second-order valence-corrected chi connectivity index (χ2v) is 0. The van der Waals surface area contributed by atoms with Crippen molar-refractivity contribution in [1.82, 2.24) is 0 Å². The van der Waals surface area contributed by atoms with Crippen molar-refractivity contribution in [3.05, 3.63) is 0 Å². The average Bonchev–Trinajstić information content (AvgIpc) is 1.00.